The van der Waals surface area contributed by atoms with E-state index in [0.717, 1.165) is 12.8 Å². The lowest BCUT2D eigenvalue weighted by atomic mass is 9.90. The molecule has 0 aromatic carbocycles. The molecule has 1 saturated carbocycles. The summed E-state index contributed by atoms with van der Waals surface area (Å²) in [6.07, 6.45) is 3.40. The Hall–Kier alpha value is -0.610. The van der Waals surface area contributed by atoms with E-state index in [1.807, 2.05) is 18.9 Å². The van der Waals surface area contributed by atoms with Crippen molar-refractivity contribution in [3.63, 3.8) is 0 Å². The molecular formula is C11H22N2O2. The third-order valence-corrected chi connectivity index (χ3v) is 3.07. The summed E-state index contributed by atoms with van der Waals surface area (Å²) >= 11 is 0. The van der Waals surface area contributed by atoms with Gasteiger partial charge in [0.15, 0.2) is 0 Å². The van der Waals surface area contributed by atoms with E-state index in [1.165, 1.54) is 6.42 Å². The molecule has 1 atom stereocenters. The quantitative estimate of drug-likeness (QED) is 0.665. The van der Waals surface area contributed by atoms with Crippen LogP contribution in [0.5, 0.6) is 0 Å². The van der Waals surface area contributed by atoms with Crippen LogP contribution in [0.3, 0.4) is 0 Å². The minimum absolute atomic E-state index is 0.00199. The molecule has 1 amide bonds. The van der Waals surface area contributed by atoms with Crippen molar-refractivity contribution in [3.05, 3.63) is 0 Å². The molecule has 0 spiro atoms. The molecule has 0 aliphatic heterocycles. The maximum absolute atomic E-state index is 12.0. The highest BCUT2D eigenvalue weighted by molar-refractivity contribution is 5.79. The minimum atomic E-state index is 0.00199. The highest BCUT2D eigenvalue weighted by atomic mass is 16.3. The number of carbonyl (C=O) groups is 1. The zero-order valence-electron chi connectivity index (χ0n) is 9.70. The van der Waals surface area contributed by atoms with Crippen LogP contribution >= 0.6 is 0 Å². The summed E-state index contributed by atoms with van der Waals surface area (Å²) in [5.74, 6) is 0.172. The Morgan fingerprint density at radius 3 is 2.67 bits per heavy atom. The Morgan fingerprint density at radius 2 is 2.27 bits per heavy atom. The van der Waals surface area contributed by atoms with Crippen LogP contribution in [-0.4, -0.2) is 48.7 Å². The normalized spacial score (nSPS) is 18.3. The molecule has 0 saturated heterocycles. The largest absolute Gasteiger partial charge is 0.395 e. The van der Waals surface area contributed by atoms with Crippen molar-refractivity contribution in [2.75, 3.05) is 26.7 Å². The number of carbonyl (C=O) groups excluding carboxylic acids is 1. The van der Waals surface area contributed by atoms with Crippen LogP contribution in [0.4, 0.5) is 0 Å². The zero-order chi connectivity index (χ0) is 11.3. The molecular weight excluding hydrogens is 192 g/mol. The highest BCUT2D eigenvalue weighted by Crippen LogP contribution is 2.25. The van der Waals surface area contributed by atoms with E-state index < -0.39 is 0 Å². The van der Waals surface area contributed by atoms with Crippen molar-refractivity contribution in [2.45, 2.75) is 32.2 Å². The average Bonchev–Trinajstić information content (AvgIpc) is 2.13. The van der Waals surface area contributed by atoms with E-state index in [9.17, 15) is 4.79 Å². The molecule has 4 nitrogen and oxygen atoms in total. The van der Waals surface area contributed by atoms with Gasteiger partial charge in [-0.15, -0.1) is 0 Å². The standard InChI is InChI=1S/C11H22N2O2/c1-9(8-12-2)11(15)13(6-7-14)10-4-3-5-10/h9-10,12,14H,3-8H2,1-2H3. The molecule has 1 unspecified atom stereocenters. The summed E-state index contributed by atoms with van der Waals surface area (Å²) in [6, 6.07) is 0.379. The molecule has 0 bridgehead atoms. The SMILES string of the molecule is CNCC(C)C(=O)N(CCO)C1CCC1. The number of aliphatic hydroxyl groups is 1. The molecule has 0 heterocycles. The fourth-order valence-corrected chi connectivity index (χ4v) is 1.96. The van der Waals surface area contributed by atoms with Crippen molar-refractivity contribution in [2.24, 2.45) is 5.92 Å². The number of hydrogen-bond donors (Lipinski definition) is 2. The number of nitrogens with zero attached hydrogens (tertiary/aromatic N) is 1. The lowest BCUT2D eigenvalue weighted by molar-refractivity contribution is -0.139. The lowest BCUT2D eigenvalue weighted by Gasteiger charge is -2.38. The number of nitrogens with one attached hydrogen (secondary N) is 1. The van der Waals surface area contributed by atoms with E-state index in [1.54, 1.807) is 0 Å². The second kappa shape index (κ2) is 6.08. The minimum Gasteiger partial charge on any atom is -0.395 e. The van der Waals surface area contributed by atoms with Crippen LogP contribution < -0.4 is 5.32 Å². The number of amides is 1. The van der Waals surface area contributed by atoms with Crippen LogP contribution in [0.25, 0.3) is 0 Å². The van der Waals surface area contributed by atoms with Gasteiger partial charge in [-0.25, -0.2) is 0 Å². The predicted molar refractivity (Wildman–Crippen MR) is 59.5 cm³/mol. The number of hydrogen-bond acceptors (Lipinski definition) is 3. The maximum Gasteiger partial charge on any atom is 0.227 e. The Labute approximate surface area is 91.6 Å². The van der Waals surface area contributed by atoms with Gasteiger partial charge in [0.2, 0.25) is 5.91 Å². The van der Waals surface area contributed by atoms with Gasteiger partial charge in [-0.05, 0) is 26.3 Å². The summed E-state index contributed by atoms with van der Waals surface area (Å²) < 4.78 is 0. The van der Waals surface area contributed by atoms with Gasteiger partial charge in [0.25, 0.3) is 0 Å². The third-order valence-electron chi connectivity index (χ3n) is 3.07. The van der Waals surface area contributed by atoms with Crippen LogP contribution in [-0.2, 0) is 4.79 Å². The highest BCUT2D eigenvalue weighted by Gasteiger charge is 2.30. The van der Waals surface area contributed by atoms with Gasteiger partial charge >= 0.3 is 0 Å². The first-order chi connectivity index (χ1) is 7.20. The summed E-state index contributed by atoms with van der Waals surface area (Å²) in [6.45, 7) is 3.18. The Balaban J connectivity index is 2.49. The second-order valence-electron chi connectivity index (χ2n) is 4.30. The van der Waals surface area contributed by atoms with Crippen molar-refractivity contribution in [1.82, 2.24) is 10.2 Å². The number of rotatable bonds is 6. The van der Waals surface area contributed by atoms with Crippen molar-refractivity contribution in [3.8, 4) is 0 Å². The molecule has 15 heavy (non-hydrogen) atoms. The van der Waals surface area contributed by atoms with E-state index in [2.05, 4.69) is 5.32 Å². The lowest BCUT2D eigenvalue weighted by Crippen LogP contribution is -2.48. The van der Waals surface area contributed by atoms with E-state index in [-0.39, 0.29) is 18.4 Å². The first kappa shape index (κ1) is 12.5. The molecule has 1 aliphatic carbocycles. The van der Waals surface area contributed by atoms with Gasteiger partial charge in [-0.1, -0.05) is 6.92 Å². The summed E-state index contributed by atoms with van der Waals surface area (Å²) in [5, 5.41) is 12.0. The summed E-state index contributed by atoms with van der Waals surface area (Å²) in [7, 11) is 1.85. The average molecular weight is 214 g/mol. The molecule has 0 radical (unpaired) electrons. The van der Waals surface area contributed by atoms with Crippen molar-refractivity contribution < 1.29 is 9.90 Å². The maximum atomic E-state index is 12.0. The summed E-state index contributed by atoms with van der Waals surface area (Å²) in [5.41, 5.74) is 0. The molecule has 88 valence electrons. The van der Waals surface area contributed by atoms with Gasteiger partial charge in [-0.2, -0.15) is 0 Å². The fourth-order valence-electron chi connectivity index (χ4n) is 1.96. The van der Waals surface area contributed by atoms with Crippen LogP contribution in [0.15, 0.2) is 0 Å². The second-order valence-corrected chi connectivity index (χ2v) is 4.30. The first-order valence-corrected chi connectivity index (χ1v) is 5.76. The topological polar surface area (TPSA) is 52.6 Å². The van der Waals surface area contributed by atoms with Gasteiger partial charge < -0.3 is 15.3 Å². The molecule has 4 heteroatoms. The zero-order valence-corrected chi connectivity index (χ0v) is 9.70. The fraction of sp³-hybridized carbons (Fsp3) is 0.909. The van der Waals surface area contributed by atoms with Crippen LogP contribution in [0.1, 0.15) is 26.2 Å². The number of aliphatic hydroxyl groups excluding tert-OH is 1. The van der Waals surface area contributed by atoms with E-state index in [0.29, 0.717) is 19.1 Å². The van der Waals surface area contributed by atoms with Gasteiger partial charge in [-0.3, -0.25) is 4.79 Å². The molecule has 1 aliphatic rings. The third kappa shape index (κ3) is 3.18. The summed E-state index contributed by atoms with van der Waals surface area (Å²) in [4.78, 5) is 13.9. The molecule has 1 rings (SSSR count). The Morgan fingerprint density at radius 1 is 1.60 bits per heavy atom. The molecule has 0 aromatic heterocycles. The Kier molecular flexibility index (Phi) is 5.05. The van der Waals surface area contributed by atoms with Gasteiger partial charge in [0.05, 0.1) is 6.61 Å². The molecule has 2 N–H and O–H groups in total. The molecule has 1 fully saturated rings. The van der Waals surface area contributed by atoms with E-state index >= 15 is 0 Å². The van der Waals surface area contributed by atoms with E-state index in [4.69, 9.17) is 5.11 Å². The smallest absolute Gasteiger partial charge is 0.227 e. The van der Waals surface area contributed by atoms with Crippen molar-refractivity contribution >= 4 is 5.91 Å². The monoisotopic (exact) mass is 214 g/mol. The Bertz CT molecular complexity index is 205. The molecule has 0 aromatic rings. The van der Waals surface area contributed by atoms with Crippen LogP contribution in [0, 0.1) is 5.92 Å². The predicted octanol–water partition coefficient (Wildman–Crippen LogP) is 0.215. The van der Waals surface area contributed by atoms with Crippen LogP contribution in [0.2, 0.25) is 0 Å². The van der Waals surface area contributed by atoms with Gasteiger partial charge in [0.1, 0.15) is 0 Å². The van der Waals surface area contributed by atoms with Gasteiger partial charge in [0, 0.05) is 25.0 Å². The first-order valence-electron chi connectivity index (χ1n) is 5.76. The van der Waals surface area contributed by atoms with Crippen molar-refractivity contribution in [1.29, 1.82) is 0 Å².